The summed E-state index contributed by atoms with van der Waals surface area (Å²) < 4.78 is 38.6. The van der Waals surface area contributed by atoms with Crippen molar-refractivity contribution >= 4 is 39.9 Å². The fourth-order valence-corrected chi connectivity index (χ4v) is 4.02. The number of amides is 1. The molecule has 0 radical (unpaired) electrons. The van der Waals surface area contributed by atoms with Crippen molar-refractivity contribution in [3.63, 3.8) is 0 Å². The average molecular weight is 416 g/mol. The Bertz CT molecular complexity index is 1000. The predicted molar refractivity (Wildman–Crippen MR) is 101 cm³/mol. The second kappa shape index (κ2) is 6.83. The van der Waals surface area contributed by atoms with Crippen LogP contribution in [0.3, 0.4) is 0 Å². The number of rotatable bonds is 3. The molecule has 0 aliphatic carbocycles. The molecule has 0 aliphatic rings. The third kappa shape index (κ3) is 4.27. The lowest BCUT2D eigenvalue weighted by molar-refractivity contribution is -0.123. The van der Waals surface area contributed by atoms with E-state index < -0.39 is 18.6 Å². The summed E-state index contributed by atoms with van der Waals surface area (Å²) in [4.78, 5) is 16.6. The van der Waals surface area contributed by atoms with Crippen molar-refractivity contribution in [1.29, 1.82) is 0 Å². The summed E-state index contributed by atoms with van der Waals surface area (Å²) in [5.74, 6) is -0.750. The molecule has 9 heteroatoms. The lowest BCUT2D eigenvalue weighted by Crippen LogP contribution is -2.33. The number of hydrogen-bond donors (Lipinski definition) is 1. The molecule has 1 amide bonds. The Balaban J connectivity index is 1.89. The predicted octanol–water partition coefficient (Wildman–Crippen LogP) is 5.47. The smallest absolute Gasteiger partial charge is 0.342 e. The Kier molecular flexibility index (Phi) is 4.98. The van der Waals surface area contributed by atoms with Crippen molar-refractivity contribution in [3.05, 3.63) is 39.8 Å². The average Bonchev–Trinajstić information content (AvgIpc) is 3.13. The fourth-order valence-electron chi connectivity index (χ4n) is 2.73. The Labute approximate surface area is 163 Å². The summed E-state index contributed by atoms with van der Waals surface area (Å²) in [6, 6.07) is 5.28. The molecule has 3 aromatic rings. The van der Waals surface area contributed by atoms with E-state index in [2.05, 4.69) is 4.98 Å². The van der Waals surface area contributed by atoms with Gasteiger partial charge in [0.2, 0.25) is 0 Å². The molecule has 0 atom stereocenters. The van der Waals surface area contributed by atoms with E-state index in [0.29, 0.717) is 10.7 Å². The quantitative estimate of drug-likeness (QED) is 0.617. The number of halogens is 4. The van der Waals surface area contributed by atoms with Gasteiger partial charge in [0.25, 0.3) is 5.91 Å². The standard InChI is InChI=1S/C18H17ClF3N3OS/c1-17(2,3)25-14(19)6-10-4-11(7-23-15(10)25)12-5-13(27-8-12)16(26)24-9-18(20,21)22/h4-8H,9H2,1-3H3,(H,24,26). The highest BCUT2D eigenvalue weighted by Gasteiger charge is 2.28. The molecular formula is C18H17ClF3N3OS. The first-order chi connectivity index (χ1) is 12.5. The molecule has 0 bridgehead atoms. The van der Waals surface area contributed by atoms with E-state index in [0.717, 1.165) is 27.9 Å². The minimum Gasteiger partial charge on any atom is -0.342 e. The highest BCUT2D eigenvalue weighted by molar-refractivity contribution is 7.12. The van der Waals surface area contributed by atoms with Gasteiger partial charge in [-0.3, -0.25) is 4.79 Å². The van der Waals surface area contributed by atoms with Gasteiger partial charge in [0.05, 0.1) is 4.88 Å². The van der Waals surface area contributed by atoms with Gasteiger partial charge in [0.15, 0.2) is 0 Å². The van der Waals surface area contributed by atoms with Gasteiger partial charge >= 0.3 is 6.18 Å². The van der Waals surface area contributed by atoms with Gasteiger partial charge in [-0.25, -0.2) is 4.98 Å². The van der Waals surface area contributed by atoms with Crippen LogP contribution in [0.1, 0.15) is 30.4 Å². The second-order valence-electron chi connectivity index (χ2n) is 7.11. The van der Waals surface area contributed by atoms with Crippen LogP contribution in [0.4, 0.5) is 13.2 Å². The van der Waals surface area contributed by atoms with Gasteiger partial charge in [-0.15, -0.1) is 11.3 Å². The highest BCUT2D eigenvalue weighted by Crippen LogP contribution is 2.33. The largest absolute Gasteiger partial charge is 0.405 e. The van der Waals surface area contributed by atoms with Crippen molar-refractivity contribution in [2.45, 2.75) is 32.5 Å². The Hall–Kier alpha value is -2.06. The molecule has 0 aliphatic heterocycles. The summed E-state index contributed by atoms with van der Waals surface area (Å²) >= 11 is 7.43. The number of nitrogens with zero attached hydrogens (tertiary/aromatic N) is 2. The zero-order valence-corrected chi connectivity index (χ0v) is 16.4. The first-order valence-corrected chi connectivity index (χ1v) is 9.33. The van der Waals surface area contributed by atoms with Crippen LogP contribution in [0.5, 0.6) is 0 Å². The molecule has 144 valence electrons. The van der Waals surface area contributed by atoms with Crippen LogP contribution in [0, 0.1) is 0 Å². The van der Waals surface area contributed by atoms with Crippen molar-refractivity contribution in [2.24, 2.45) is 0 Å². The van der Waals surface area contributed by atoms with Crippen molar-refractivity contribution in [2.75, 3.05) is 6.54 Å². The normalized spacial score (nSPS) is 12.6. The molecule has 0 saturated heterocycles. The summed E-state index contributed by atoms with van der Waals surface area (Å²) in [6.07, 6.45) is -2.77. The number of fused-ring (bicyclic) bond motifs is 1. The van der Waals surface area contributed by atoms with Crippen LogP contribution in [0.25, 0.3) is 22.2 Å². The minimum absolute atomic E-state index is 0.208. The molecule has 0 unspecified atom stereocenters. The Morgan fingerprint density at radius 1 is 1.22 bits per heavy atom. The number of alkyl halides is 3. The molecule has 0 fully saturated rings. The number of thiophene rings is 1. The molecule has 27 heavy (non-hydrogen) atoms. The third-order valence-electron chi connectivity index (χ3n) is 3.87. The van der Waals surface area contributed by atoms with Gasteiger partial charge in [-0.1, -0.05) is 11.6 Å². The monoisotopic (exact) mass is 415 g/mol. The highest BCUT2D eigenvalue weighted by atomic mass is 35.5. The number of carbonyl (C=O) groups is 1. The summed E-state index contributed by atoms with van der Waals surface area (Å²) in [5.41, 5.74) is 1.98. The van der Waals surface area contributed by atoms with Crippen molar-refractivity contribution < 1.29 is 18.0 Å². The van der Waals surface area contributed by atoms with E-state index in [-0.39, 0.29) is 10.4 Å². The maximum absolute atomic E-state index is 12.2. The van der Waals surface area contributed by atoms with Gasteiger partial charge in [0.1, 0.15) is 17.3 Å². The van der Waals surface area contributed by atoms with E-state index in [4.69, 9.17) is 11.6 Å². The maximum Gasteiger partial charge on any atom is 0.405 e. The lowest BCUT2D eigenvalue weighted by Gasteiger charge is -2.23. The topological polar surface area (TPSA) is 46.9 Å². The third-order valence-corrected chi connectivity index (χ3v) is 5.08. The lowest BCUT2D eigenvalue weighted by atomic mass is 10.1. The van der Waals surface area contributed by atoms with Crippen LogP contribution >= 0.6 is 22.9 Å². The number of carbonyl (C=O) groups excluding carboxylic acids is 1. The van der Waals surface area contributed by atoms with Gasteiger partial charge in [0, 0.05) is 22.7 Å². The molecule has 3 aromatic heterocycles. The Morgan fingerprint density at radius 3 is 2.56 bits per heavy atom. The summed E-state index contributed by atoms with van der Waals surface area (Å²) in [6.45, 7) is 4.72. The van der Waals surface area contributed by atoms with E-state index >= 15 is 0 Å². The SMILES string of the molecule is CC(C)(C)n1c(Cl)cc2cc(-c3csc(C(=O)NCC(F)(F)F)c3)cnc21. The van der Waals surface area contributed by atoms with E-state index in [1.54, 1.807) is 17.6 Å². The maximum atomic E-state index is 12.2. The fraction of sp³-hybridized carbons (Fsp3) is 0.333. The molecular weight excluding hydrogens is 399 g/mol. The molecule has 1 N–H and O–H groups in total. The van der Waals surface area contributed by atoms with Gasteiger partial charge in [-0.05, 0) is 49.9 Å². The molecule has 0 aromatic carbocycles. The van der Waals surface area contributed by atoms with Gasteiger partial charge in [-0.2, -0.15) is 13.2 Å². The molecule has 3 heterocycles. The van der Waals surface area contributed by atoms with Gasteiger partial charge < -0.3 is 9.88 Å². The van der Waals surface area contributed by atoms with Crippen molar-refractivity contribution in [3.8, 4) is 11.1 Å². The number of nitrogens with one attached hydrogen (secondary N) is 1. The van der Waals surface area contributed by atoms with Crippen LogP contribution in [-0.4, -0.2) is 28.2 Å². The van der Waals surface area contributed by atoms with E-state index in [1.807, 2.05) is 42.8 Å². The first-order valence-electron chi connectivity index (χ1n) is 8.07. The summed E-state index contributed by atoms with van der Waals surface area (Å²) in [7, 11) is 0. The van der Waals surface area contributed by atoms with Crippen molar-refractivity contribution in [1.82, 2.24) is 14.9 Å². The van der Waals surface area contributed by atoms with Crippen LogP contribution < -0.4 is 5.32 Å². The molecule has 0 saturated carbocycles. The zero-order valence-electron chi connectivity index (χ0n) is 14.8. The number of aromatic nitrogens is 2. The van der Waals surface area contributed by atoms with Crippen LogP contribution in [-0.2, 0) is 5.54 Å². The zero-order chi connectivity index (χ0) is 20.0. The van der Waals surface area contributed by atoms with Crippen LogP contribution in [0.15, 0.2) is 29.8 Å². The first kappa shape index (κ1) is 19.7. The number of hydrogen-bond acceptors (Lipinski definition) is 3. The van der Waals surface area contributed by atoms with E-state index in [9.17, 15) is 18.0 Å². The summed E-state index contributed by atoms with van der Waals surface area (Å²) in [5, 5.41) is 5.00. The van der Waals surface area contributed by atoms with E-state index in [1.165, 1.54) is 0 Å². The molecule has 4 nitrogen and oxygen atoms in total. The minimum atomic E-state index is -4.44. The van der Waals surface area contributed by atoms with Crippen LogP contribution in [0.2, 0.25) is 5.15 Å². The number of pyridine rings is 1. The Morgan fingerprint density at radius 2 is 1.93 bits per heavy atom. The second-order valence-corrected chi connectivity index (χ2v) is 8.41. The molecule has 3 rings (SSSR count). The molecule has 0 spiro atoms.